The minimum absolute atomic E-state index is 0.0928. The summed E-state index contributed by atoms with van der Waals surface area (Å²) in [6.45, 7) is 2.58. The van der Waals surface area contributed by atoms with Crippen LogP contribution in [-0.2, 0) is 9.59 Å². The number of rotatable bonds is 8. The predicted molar refractivity (Wildman–Crippen MR) is 72.5 cm³/mol. The molecule has 0 aromatic heterocycles. The molecule has 0 saturated carbocycles. The van der Waals surface area contributed by atoms with Gasteiger partial charge in [-0.05, 0) is 18.6 Å². The highest BCUT2D eigenvalue weighted by atomic mass is 16.5. The maximum absolute atomic E-state index is 11.5. The largest absolute Gasteiger partial charge is 0.492 e. The van der Waals surface area contributed by atoms with Gasteiger partial charge in [-0.2, -0.15) is 0 Å². The lowest BCUT2D eigenvalue weighted by Gasteiger charge is -2.09. The Bertz CT molecular complexity index is 406. The first-order valence-corrected chi connectivity index (χ1v) is 6.33. The highest BCUT2D eigenvalue weighted by Gasteiger charge is 2.10. The Morgan fingerprint density at radius 3 is 2.63 bits per heavy atom. The van der Waals surface area contributed by atoms with Gasteiger partial charge in [-0.3, -0.25) is 9.59 Å². The molecule has 0 heterocycles. The van der Waals surface area contributed by atoms with Crippen LogP contribution in [-0.4, -0.2) is 25.0 Å². The Morgan fingerprint density at radius 1 is 1.32 bits per heavy atom. The van der Waals surface area contributed by atoms with E-state index in [9.17, 15) is 9.59 Å². The van der Waals surface area contributed by atoms with Crippen molar-refractivity contribution < 1.29 is 14.3 Å². The average molecular weight is 264 g/mol. The third kappa shape index (κ3) is 6.45. The molecule has 1 atom stereocenters. The van der Waals surface area contributed by atoms with E-state index < -0.39 is 0 Å². The van der Waals surface area contributed by atoms with Crippen LogP contribution in [0.5, 0.6) is 5.75 Å². The second-order valence-corrected chi connectivity index (χ2v) is 4.35. The van der Waals surface area contributed by atoms with Crippen molar-refractivity contribution in [3.8, 4) is 5.75 Å². The number of hydrogen-bond donors (Lipinski definition) is 2. The van der Waals surface area contributed by atoms with Crippen LogP contribution in [0, 0.1) is 5.92 Å². The highest BCUT2D eigenvalue weighted by molar-refractivity contribution is 5.79. The quantitative estimate of drug-likeness (QED) is 0.689. The number of nitrogens with two attached hydrogens (primary N) is 1. The molecule has 0 bridgehead atoms. The lowest BCUT2D eigenvalue weighted by Crippen LogP contribution is -2.29. The maximum Gasteiger partial charge on any atom is 0.220 e. The molecule has 0 fully saturated rings. The van der Waals surface area contributed by atoms with Crippen molar-refractivity contribution in [3.63, 3.8) is 0 Å². The van der Waals surface area contributed by atoms with E-state index in [1.54, 1.807) is 6.92 Å². The fraction of sp³-hybridized carbons (Fsp3) is 0.429. The average Bonchev–Trinajstić information content (AvgIpc) is 2.42. The molecule has 3 N–H and O–H groups in total. The molecule has 0 saturated heterocycles. The molecule has 5 heteroatoms. The van der Waals surface area contributed by atoms with E-state index in [1.807, 2.05) is 30.3 Å². The summed E-state index contributed by atoms with van der Waals surface area (Å²) in [7, 11) is 0. The lowest BCUT2D eigenvalue weighted by atomic mass is 10.1. The molecule has 1 rings (SSSR count). The molecule has 0 spiro atoms. The topological polar surface area (TPSA) is 81.4 Å². The van der Waals surface area contributed by atoms with Crippen LogP contribution in [0.3, 0.4) is 0 Å². The van der Waals surface area contributed by atoms with Gasteiger partial charge in [0.1, 0.15) is 12.4 Å². The Kier molecular flexibility index (Phi) is 6.43. The number of ether oxygens (including phenoxy) is 1. The summed E-state index contributed by atoms with van der Waals surface area (Å²) in [5, 5.41) is 2.73. The van der Waals surface area contributed by atoms with Gasteiger partial charge in [0.2, 0.25) is 11.8 Å². The van der Waals surface area contributed by atoms with Crippen molar-refractivity contribution in [1.29, 1.82) is 0 Å². The van der Waals surface area contributed by atoms with Gasteiger partial charge in [0.25, 0.3) is 0 Å². The van der Waals surface area contributed by atoms with Crippen LogP contribution in [0.15, 0.2) is 30.3 Å². The normalized spacial score (nSPS) is 11.6. The van der Waals surface area contributed by atoms with E-state index in [4.69, 9.17) is 10.5 Å². The van der Waals surface area contributed by atoms with Gasteiger partial charge in [-0.25, -0.2) is 0 Å². The van der Waals surface area contributed by atoms with Crippen LogP contribution in [0.25, 0.3) is 0 Å². The number of benzene rings is 1. The van der Waals surface area contributed by atoms with Crippen molar-refractivity contribution in [1.82, 2.24) is 5.32 Å². The van der Waals surface area contributed by atoms with Crippen molar-refractivity contribution in [2.45, 2.75) is 19.8 Å². The minimum atomic E-state index is -0.375. The summed E-state index contributed by atoms with van der Waals surface area (Å²) in [6.07, 6.45) is 0.774. The maximum atomic E-state index is 11.5. The fourth-order valence-electron chi connectivity index (χ4n) is 1.45. The zero-order valence-corrected chi connectivity index (χ0v) is 11.1. The molecule has 0 aliphatic carbocycles. The molecule has 104 valence electrons. The first kappa shape index (κ1) is 15.0. The number of carbonyl (C=O) groups is 2. The van der Waals surface area contributed by atoms with Gasteiger partial charge in [-0.15, -0.1) is 0 Å². The first-order chi connectivity index (χ1) is 9.09. The van der Waals surface area contributed by atoms with E-state index in [0.29, 0.717) is 26.0 Å². The molecule has 1 aromatic carbocycles. The summed E-state index contributed by atoms with van der Waals surface area (Å²) < 4.78 is 5.43. The van der Waals surface area contributed by atoms with Crippen LogP contribution in [0.1, 0.15) is 19.8 Å². The summed E-state index contributed by atoms with van der Waals surface area (Å²) in [5.74, 6) is 0.0374. The van der Waals surface area contributed by atoms with Crippen LogP contribution in [0.4, 0.5) is 0 Å². The SMILES string of the molecule is C[C@@H](CCC(=O)NCCOc1ccccc1)C(N)=O. The summed E-state index contributed by atoms with van der Waals surface area (Å²) in [5.41, 5.74) is 5.12. The molecule has 0 aliphatic heterocycles. The van der Waals surface area contributed by atoms with Crippen molar-refractivity contribution in [2.75, 3.05) is 13.2 Å². The molecular formula is C14H20N2O3. The third-order valence-corrected chi connectivity index (χ3v) is 2.73. The molecule has 5 nitrogen and oxygen atoms in total. The molecule has 2 amide bonds. The molecule has 0 unspecified atom stereocenters. The number of carbonyl (C=O) groups excluding carboxylic acids is 2. The summed E-state index contributed by atoms with van der Waals surface area (Å²) >= 11 is 0. The number of amides is 2. The van der Waals surface area contributed by atoms with Crippen molar-refractivity contribution in [2.24, 2.45) is 11.7 Å². The highest BCUT2D eigenvalue weighted by Crippen LogP contribution is 2.07. The van der Waals surface area contributed by atoms with Crippen LogP contribution >= 0.6 is 0 Å². The summed E-state index contributed by atoms with van der Waals surface area (Å²) in [6, 6.07) is 9.40. The molecule has 1 aromatic rings. The standard InChI is InChI=1S/C14H20N2O3/c1-11(14(15)18)7-8-13(17)16-9-10-19-12-5-3-2-4-6-12/h2-6,11H,7-10H2,1H3,(H2,15,18)(H,16,17)/t11-/m0/s1. The van der Waals surface area contributed by atoms with Gasteiger partial charge in [0.15, 0.2) is 0 Å². The van der Waals surface area contributed by atoms with Gasteiger partial charge in [0, 0.05) is 12.3 Å². The first-order valence-electron chi connectivity index (χ1n) is 6.33. The van der Waals surface area contributed by atoms with E-state index in [2.05, 4.69) is 5.32 Å². The zero-order chi connectivity index (χ0) is 14.1. The Labute approximate surface area is 113 Å². The van der Waals surface area contributed by atoms with Gasteiger partial charge in [0.05, 0.1) is 6.54 Å². The van der Waals surface area contributed by atoms with Crippen molar-refractivity contribution in [3.05, 3.63) is 30.3 Å². The van der Waals surface area contributed by atoms with Gasteiger partial charge >= 0.3 is 0 Å². The Hall–Kier alpha value is -2.04. The molecular weight excluding hydrogens is 244 g/mol. The van der Waals surface area contributed by atoms with E-state index in [1.165, 1.54) is 0 Å². The Morgan fingerprint density at radius 2 is 2.00 bits per heavy atom. The fourth-order valence-corrected chi connectivity index (χ4v) is 1.45. The predicted octanol–water partition coefficient (Wildman–Crippen LogP) is 1.08. The van der Waals surface area contributed by atoms with Crippen LogP contribution in [0.2, 0.25) is 0 Å². The van der Waals surface area contributed by atoms with E-state index >= 15 is 0 Å². The van der Waals surface area contributed by atoms with E-state index in [-0.39, 0.29) is 17.7 Å². The number of primary amides is 1. The number of nitrogens with one attached hydrogen (secondary N) is 1. The monoisotopic (exact) mass is 264 g/mol. The molecule has 0 aliphatic rings. The summed E-state index contributed by atoms with van der Waals surface area (Å²) in [4.78, 5) is 22.3. The third-order valence-electron chi connectivity index (χ3n) is 2.73. The molecule has 19 heavy (non-hydrogen) atoms. The number of para-hydroxylation sites is 1. The van der Waals surface area contributed by atoms with Gasteiger partial charge < -0.3 is 15.8 Å². The minimum Gasteiger partial charge on any atom is -0.492 e. The lowest BCUT2D eigenvalue weighted by molar-refractivity contribution is -0.123. The zero-order valence-electron chi connectivity index (χ0n) is 11.1. The van der Waals surface area contributed by atoms with E-state index in [0.717, 1.165) is 5.75 Å². The smallest absolute Gasteiger partial charge is 0.220 e. The molecule has 0 radical (unpaired) electrons. The number of hydrogen-bond acceptors (Lipinski definition) is 3. The second-order valence-electron chi connectivity index (χ2n) is 4.35. The van der Waals surface area contributed by atoms with Crippen LogP contribution < -0.4 is 15.8 Å². The van der Waals surface area contributed by atoms with Gasteiger partial charge in [-0.1, -0.05) is 25.1 Å². The van der Waals surface area contributed by atoms with Crippen molar-refractivity contribution >= 4 is 11.8 Å². The Balaban J connectivity index is 2.09. The second kappa shape index (κ2) is 8.13.